The van der Waals surface area contributed by atoms with Gasteiger partial charge in [0.2, 0.25) is 15.9 Å². The Labute approximate surface area is 161 Å². The zero-order chi connectivity index (χ0) is 20.4. The molecule has 0 saturated heterocycles. The molecule has 2 rings (SSSR count). The predicted molar refractivity (Wildman–Crippen MR) is 106 cm³/mol. The highest BCUT2D eigenvalue weighted by Gasteiger charge is 2.27. The maximum atomic E-state index is 12.6. The van der Waals surface area contributed by atoms with Crippen LogP contribution in [0.3, 0.4) is 0 Å². The summed E-state index contributed by atoms with van der Waals surface area (Å²) in [6, 6.07) is 7.72. The summed E-state index contributed by atoms with van der Waals surface area (Å²) >= 11 is 0. The normalized spacial score (nSPS) is 13.0. The molecule has 0 aliphatic rings. The fourth-order valence-corrected chi connectivity index (χ4v) is 4.23. The molecule has 0 spiro atoms. The van der Waals surface area contributed by atoms with Gasteiger partial charge in [0, 0.05) is 19.8 Å². The van der Waals surface area contributed by atoms with Crippen molar-refractivity contribution >= 4 is 21.6 Å². The number of rotatable bonds is 7. The van der Waals surface area contributed by atoms with E-state index < -0.39 is 10.0 Å². The monoisotopic (exact) mass is 392 g/mol. The van der Waals surface area contributed by atoms with Crippen molar-refractivity contribution in [2.75, 3.05) is 19.4 Å². The molecule has 0 aliphatic carbocycles. The largest absolute Gasteiger partial charge is 0.324 e. The Morgan fingerprint density at radius 2 is 1.89 bits per heavy atom. The number of carbonyl (C=O) groups is 1. The molecule has 7 nitrogen and oxygen atoms in total. The van der Waals surface area contributed by atoms with Gasteiger partial charge in [0.15, 0.2) is 0 Å². The molecule has 0 radical (unpaired) electrons. The summed E-state index contributed by atoms with van der Waals surface area (Å²) in [4.78, 5) is 12.7. The molecule has 0 aliphatic heterocycles. The number of hydrogen-bond donors (Lipinski definition) is 1. The summed E-state index contributed by atoms with van der Waals surface area (Å²) in [6.07, 6.45) is 0.968. The molecule has 0 bridgehead atoms. The van der Waals surface area contributed by atoms with E-state index >= 15 is 0 Å². The maximum absolute atomic E-state index is 12.6. The number of aromatic nitrogens is 2. The molecule has 2 aromatic rings. The van der Waals surface area contributed by atoms with Crippen LogP contribution in [0.25, 0.3) is 0 Å². The molecule has 1 aromatic heterocycles. The van der Waals surface area contributed by atoms with Crippen molar-refractivity contribution in [1.29, 1.82) is 0 Å². The summed E-state index contributed by atoms with van der Waals surface area (Å²) in [5, 5.41) is 7.20. The van der Waals surface area contributed by atoms with Gasteiger partial charge in [-0.25, -0.2) is 12.7 Å². The lowest BCUT2D eigenvalue weighted by molar-refractivity contribution is -0.116. The molecule has 1 N–H and O–H groups in total. The van der Waals surface area contributed by atoms with E-state index in [2.05, 4.69) is 24.3 Å². The van der Waals surface area contributed by atoms with Crippen LogP contribution in [-0.2, 0) is 21.4 Å². The van der Waals surface area contributed by atoms with Crippen molar-refractivity contribution in [3.63, 3.8) is 0 Å². The van der Waals surface area contributed by atoms with E-state index in [1.807, 2.05) is 24.3 Å². The van der Waals surface area contributed by atoms with E-state index in [0.29, 0.717) is 17.3 Å². The topological polar surface area (TPSA) is 84.3 Å². The third-order valence-electron chi connectivity index (χ3n) is 4.73. The molecule has 1 aromatic carbocycles. The van der Waals surface area contributed by atoms with Gasteiger partial charge in [-0.15, -0.1) is 0 Å². The molecule has 1 heterocycles. The van der Waals surface area contributed by atoms with Gasteiger partial charge in [-0.1, -0.05) is 32.0 Å². The molecule has 27 heavy (non-hydrogen) atoms. The van der Waals surface area contributed by atoms with Gasteiger partial charge in [-0.05, 0) is 37.8 Å². The second-order valence-electron chi connectivity index (χ2n) is 6.89. The quantitative estimate of drug-likeness (QED) is 0.785. The van der Waals surface area contributed by atoms with Crippen LogP contribution in [0.2, 0.25) is 0 Å². The smallest absolute Gasteiger partial charge is 0.246 e. The van der Waals surface area contributed by atoms with Gasteiger partial charge in [0.25, 0.3) is 0 Å². The highest BCUT2D eigenvalue weighted by Crippen LogP contribution is 2.27. The number of aryl methyl sites for hydroxylation is 1. The van der Waals surface area contributed by atoms with Gasteiger partial charge >= 0.3 is 0 Å². The lowest BCUT2D eigenvalue weighted by Crippen LogP contribution is -2.24. The van der Waals surface area contributed by atoms with Crippen LogP contribution in [-0.4, -0.2) is 42.5 Å². The summed E-state index contributed by atoms with van der Waals surface area (Å²) in [7, 11) is -0.663. The first-order valence-electron chi connectivity index (χ1n) is 8.94. The second-order valence-corrected chi connectivity index (χ2v) is 8.98. The summed E-state index contributed by atoms with van der Waals surface area (Å²) in [5.41, 5.74) is 2.69. The zero-order valence-electron chi connectivity index (χ0n) is 16.8. The number of carbonyl (C=O) groups excluding carboxylic acids is 1. The third kappa shape index (κ3) is 4.39. The molecular weight excluding hydrogens is 364 g/mol. The fraction of sp³-hybridized carbons (Fsp3) is 0.474. The Kier molecular flexibility index (Phi) is 6.43. The number of amides is 1. The lowest BCUT2D eigenvalue weighted by atomic mass is 9.97. The van der Waals surface area contributed by atoms with E-state index in [9.17, 15) is 13.2 Å². The first kappa shape index (κ1) is 21.1. The van der Waals surface area contributed by atoms with E-state index in [-0.39, 0.29) is 17.3 Å². The minimum Gasteiger partial charge on any atom is -0.324 e. The Morgan fingerprint density at radius 3 is 2.48 bits per heavy atom. The molecule has 0 fully saturated rings. The Bertz CT molecular complexity index is 932. The van der Waals surface area contributed by atoms with Crippen LogP contribution < -0.4 is 5.32 Å². The van der Waals surface area contributed by atoms with Crippen molar-refractivity contribution < 1.29 is 13.2 Å². The first-order valence-corrected chi connectivity index (χ1v) is 10.4. The van der Waals surface area contributed by atoms with Crippen molar-refractivity contribution in [3.05, 3.63) is 41.2 Å². The molecular formula is C19H28N4O3S. The first-order chi connectivity index (χ1) is 12.6. The number of hydrogen-bond acceptors (Lipinski definition) is 4. The third-order valence-corrected chi connectivity index (χ3v) is 6.79. The summed E-state index contributed by atoms with van der Waals surface area (Å²) in [6.45, 7) is 7.47. The number of para-hydroxylation sites is 1. The minimum atomic E-state index is -3.62. The Balaban J connectivity index is 2.26. The number of sulfonamides is 1. The predicted octanol–water partition coefficient (Wildman–Crippen LogP) is 2.90. The van der Waals surface area contributed by atoms with Gasteiger partial charge < -0.3 is 5.32 Å². The summed E-state index contributed by atoms with van der Waals surface area (Å²) in [5.74, 6) is 0.0807. The van der Waals surface area contributed by atoms with Crippen LogP contribution >= 0.6 is 0 Å². The SMILES string of the molecule is CC[C@@H](C)c1ccccc1NC(=O)Cn1nc(C)c(S(=O)(=O)N(C)C)c1C. The highest BCUT2D eigenvalue weighted by molar-refractivity contribution is 7.89. The zero-order valence-corrected chi connectivity index (χ0v) is 17.6. The van der Waals surface area contributed by atoms with E-state index in [1.54, 1.807) is 13.8 Å². The van der Waals surface area contributed by atoms with Crippen LogP contribution in [0.4, 0.5) is 5.69 Å². The minimum absolute atomic E-state index is 0.0511. The van der Waals surface area contributed by atoms with E-state index in [0.717, 1.165) is 22.0 Å². The molecule has 0 saturated carbocycles. The van der Waals surface area contributed by atoms with Crippen molar-refractivity contribution in [2.24, 2.45) is 0 Å². The fourth-order valence-electron chi connectivity index (χ4n) is 2.98. The van der Waals surface area contributed by atoms with Crippen LogP contribution in [0.1, 0.15) is 43.1 Å². The number of nitrogens with one attached hydrogen (secondary N) is 1. The number of anilines is 1. The maximum Gasteiger partial charge on any atom is 0.246 e. The number of benzene rings is 1. The van der Waals surface area contributed by atoms with Gasteiger partial charge in [-0.3, -0.25) is 9.48 Å². The molecule has 0 unspecified atom stereocenters. The summed E-state index contributed by atoms with van der Waals surface area (Å²) < 4.78 is 27.6. The van der Waals surface area contributed by atoms with Crippen molar-refractivity contribution in [1.82, 2.24) is 14.1 Å². The van der Waals surface area contributed by atoms with E-state index in [1.165, 1.54) is 18.8 Å². The van der Waals surface area contributed by atoms with Crippen molar-refractivity contribution in [2.45, 2.75) is 51.5 Å². The van der Waals surface area contributed by atoms with Gasteiger partial charge in [0.1, 0.15) is 11.4 Å². The molecule has 1 amide bonds. The van der Waals surface area contributed by atoms with E-state index in [4.69, 9.17) is 0 Å². The van der Waals surface area contributed by atoms with Crippen LogP contribution in [0.5, 0.6) is 0 Å². The molecule has 8 heteroatoms. The van der Waals surface area contributed by atoms with Crippen molar-refractivity contribution in [3.8, 4) is 0 Å². The van der Waals surface area contributed by atoms with Crippen LogP contribution in [0.15, 0.2) is 29.2 Å². The standard InChI is InChI=1S/C19H28N4O3S/c1-7-13(2)16-10-8-9-11-17(16)20-18(24)12-23-15(4)19(14(3)21-23)27(25,26)22(5)6/h8-11,13H,7,12H2,1-6H3,(H,20,24)/t13-/m1/s1. The average molecular weight is 393 g/mol. The highest BCUT2D eigenvalue weighted by atomic mass is 32.2. The molecule has 1 atom stereocenters. The second kappa shape index (κ2) is 8.22. The lowest BCUT2D eigenvalue weighted by Gasteiger charge is -2.16. The van der Waals surface area contributed by atoms with Gasteiger partial charge in [0.05, 0.1) is 11.4 Å². The Hall–Kier alpha value is -2.19. The Morgan fingerprint density at radius 1 is 1.26 bits per heavy atom. The average Bonchev–Trinajstić information content (AvgIpc) is 2.88. The molecule has 148 valence electrons. The van der Waals surface area contributed by atoms with Crippen LogP contribution in [0, 0.1) is 13.8 Å². The number of nitrogens with zero attached hydrogens (tertiary/aromatic N) is 3. The van der Waals surface area contributed by atoms with Gasteiger partial charge in [-0.2, -0.15) is 5.10 Å².